The number of aryl methyl sites for hydroxylation is 1. The molecular formula is C23H22N4O5. The first kappa shape index (κ1) is 22.4. The highest BCUT2D eigenvalue weighted by atomic mass is 16.5. The third-order valence-electron chi connectivity index (χ3n) is 4.47. The molecule has 4 N–H and O–H groups in total. The van der Waals surface area contributed by atoms with Crippen molar-refractivity contribution < 1.29 is 24.5 Å². The maximum atomic E-state index is 12.3. The van der Waals surface area contributed by atoms with E-state index < -0.39 is 12.0 Å². The molecule has 0 heterocycles. The van der Waals surface area contributed by atoms with Crippen molar-refractivity contribution >= 4 is 34.7 Å². The number of nitrogens with zero attached hydrogens (tertiary/aromatic N) is 2. The summed E-state index contributed by atoms with van der Waals surface area (Å²) in [6.07, 6.45) is 0. The van der Waals surface area contributed by atoms with E-state index in [2.05, 4.69) is 25.6 Å². The molecular weight excluding hydrogens is 412 g/mol. The molecule has 2 amide bonds. The van der Waals surface area contributed by atoms with E-state index in [-0.39, 0.29) is 17.9 Å². The Balaban J connectivity index is 1.64. The molecule has 32 heavy (non-hydrogen) atoms. The van der Waals surface area contributed by atoms with Crippen molar-refractivity contribution in [1.82, 2.24) is 0 Å². The number of esters is 1. The Kier molecular flexibility index (Phi) is 7.14. The summed E-state index contributed by atoms with van der Waals surface area (Å²) in [5, 5.41) is 32.7. The van der Waals surface area contributed by atoms with Crippen LogP contribution in [0.1, 0.15) is 21.5 Å². The van der Waals surface area contributed by atoms with Gasteiger partial charge >= 0.3 is 12.0 Å². The number of aliphatic hydroxyl groups excluding tert-OH is 1. The van der Waals surface area contributed by atoms with Crippen LogP contribution in [-0.4, -0.2) is 29.3 Å². The third-order valence-corrected chi connectivity index (χ3v) is 4.47. The first-order chi connectivity index (χ1) is 15.4. The third kappa shape index (κ3) is 5.67. The molecule has 3 aromatic rings. The number of rotatable bonds is 6. The highest BCUT2D eigenvalue weighted by molar-refractivity contribution is 6.00. The zero-order valence-corrected chi connectivity index (χ0v) is 17.5. The summed E-state index contributed by atoms with van der Waals surface area (Å²) in [4.78, 5) is 23.9. The minimum absolute atomic E-state index is 0.00700. The number of amides is 2. The number of methoxy groups -OCH3 is 1. The van der Waals surface area contributed by atoms with Gasteiger partial charge in [-0.05, 0) is 55.5 Å². The standard InChI is InChI=1S/C23H22N4O5/c1-14-3-9-20(15(11-14)13-28)25-23(31)24-16-4-6-17(7-5-16)26-27-18-8-10-21(29)19(12-18)22(30)32-2/h3-12,28-29H,13H2,1-2H3,(H2,24,25,31). The molecule has 9 nitrogen and oxygen atoms in total. The topological polar surface area (TPSA) is 133 Å². The van der Waals surface area contributed by atoms with Crippen molar-refractivity contribution in [3.05, 3.63) is 77.4 Å². The molecule has 3 aromatic carbocycles. The summed E-state index contributed by atoms with van der Waals surface area (Å²) in [5.74, 6) is -0.883. The quantitative estimate of drug-likeness (QED) is 0.319. The molecule has 0 atom stereocenters. The zero-order valence-electron chi connectivity index (χ0n) is 17.5. The van der Waals surface area contributed by atoms with E-state index >= 15 is 0 Å². The fourth-order valence-corrected chi connectivity index (χ4v) is 2.85. The molecule has 0 radical (unpaired) electrons. The number of hydrogen-bond acceptors (Lipinski definition) is 7. The van der Waals surface area contributed by atoms with Crippen LogP contribution in [0.5, 0.6) is 5.75 Å². The van der Waals surface area contributed by atoms with Gasteiger partial charge in [-0.1, -0.05) is 17.7 Å². The fraction of sp³-hybridized carbons (Fsp3) is 0.130. The van der Waals surface area contributed by atoms with Gasteiger partial charge in [-0.2, -0.15) is 10.2 Å². The van der Waals surface area contributed by atoms with Crippen molar-refractivity contribution in [2.75, 3.05) is 17.7 Å². The largest absolute Gasteiger partial charge is 0.507 e. The Bertz CT molecular complexity index is 1160. The van der Waals surface area contributed by atoms with Gasteiger partial charge in [0.05, 0.1) is 25.1 Å². The van der Waals surface area contributed by atoms with E-state index in [1.165, 1.54) is 25.3 Å². The van der Waals surface area contributed by atoms with E-state index in [1.54, 1.807) is 36.4 Å². The second-order valence-electron chi connectivity index (χ2n) is 6.84. The molecule has 164 valence electrons. The Morgan fingerprint density at radius 2 is 1.62 bits per heavy atom. The summed E-state index contributed by atoms with van der Waals surface area (Å²) in [7, 11) is 1.22. The normalized spacial score (nSPS) is 10.7. The number of carbonyl (C=O) groups excluding carboxylic acids is 2. The second-order valence-corrected chi connectivity index (χ2v) is 6.84. The van der Waals surface area contributed by atoms with Crippen molar-refractivity contribution in [1.29, 1.82) is 0 Å². The number of carbonyl (C=O) groups is 2. The van der Waals surface area contributed by atoms with Crippen LogP contribution in [0.4, 0.5) is 27.5 Å². The average Bonchev–Trinajstić information content (AvgIpc) is 2.80. The molecule has 0 fully saturated rings. The highest BCUT2D eigenvalue weighted by Crippen LogP contribution is 2.26. The smallest absolute Gasteiger partial charge is 0.341 e. The second kappa shape index (κ2) is 10.2. The van der Waals surface area contributed by atoms with E-state index in [4.69, 9.17) is 0 Å². The predicted octanol–water partition coefficient (Wildman–Crippen LogP) is 5.04. The van der Waals surface area contributed by atoms with Crippen LogP contribution in [0, 0.1) is 6.92 Å². The van der Waals surface area contributed by atoms with Crippen LogP contribution in [0.25, 0.3) is 0 Å². The van der Waals surface area contributed by atoms with Gasteiger partial charge in [0.25, 0.3) is 0 Å². The van der Waals surface area contributed by atoms with Gasteiger partial charge in [0.2, 0.25) is 0 Å². The number of urea groups is 1. The van der Waals surface area contributed by atoms with Crippen LogP contribution in [0.3, 0.4) is 0 Å². The Morgan fingerprint density at radius 3 is 2.31 bits per heavy atom. The summed E-state index contributed by atoms with van der Waals surface area (Å²) in [6, 6.07) is 15.8. The fourth-order valence-electron chi connectivity index (χ4n) is 2.85. The molecule has 0 unspecified atom stereocenters. The molecule has 0 bridgehead atoms. The Labute approximate surface area is 184 Å². The zero-order chi connectivity index (χ0) is 23.1. The first-order valence-corrected chi connectivity index (χ1v) is 9.61. The van der Waals surface area contributed by atoms with Gasteiger partial charge in [-0.25, -0.2) is 9.59 Å². The summed E-state index contributed by atoms with van der Waals surface area (Å²) >= 11 is 0. The highest BCUT2D eigenvalue weighted by Gasteiger charge is 2.12. The molecule has 9 heteroatoms. The minimum Gasteiger partial charge on any atom is -0.507 e. The molecule has 0 saturated carbocycles. The number of phenols is 1. The van der Waals surface area contributed by atoms with E-state index in [0.29, 0.717) is 28.3 Å². The lowest BCUT2D eigenvalue weighted by molar-refractivity contribution is 0.0597. The number of phenolic OH excluding ortho intramolecular Hbond substituents is 1. The van der Waals surface area contributed by atoms with Crippen molar-refractivity contribution in [3.63, 3.8) is 0 Å². The monoisotopic (exact) mass is 434 g/mol. The van der Waals surface area contributed by atoms with Gasteiger partial charge in [0, 0.05) is 16.9 Å². The molecule has 0 aliphatic heterocycles. The Morgan fingerprint density at radius 1 is 0.938 bits per heavy atom. The van der Waals surface area contributed by atoms with Gasteiger partial charge < -0.3 is 25.6 Å². The first-order valence-electron chi connectivity index (χ1n) is 9.61. The van der Waals surface area contributed by atoms with E-state index in [9.17, 15) is 19.8 Å². The van der Waals surface area contributed by atoms with Crippen LogP contribution >= 0.6 is 0 Å². The molecule has 0 aliphatic carbocycles. The number of ether oxygens (including phenoxy) is 1. The molecule has 3 rings (SSSR count). The SMILES string of the molecule is COC(=O)c1cc(N=Nc2ccc(NC(=O)Nc3ccc(C)cc3CO)cc2)ccc1O. The summed E-state index contributed by atoms with van der Waals surface area (Å²) in [6.45, 7) is 1.72. The Hall–Kier alpha value is -4.24. The van der Waals surface area contributed by atoms with Gasteiger partial charge in [0.1, 0.15) is 11.3 Å². The van der Waals surface area contributed by atoms with Crippen LogP contribution in [-0.2, 0) is 11.3 Å². The summed E-state index contributed by atoms with van der Waals surface area (Å²) < 4.78 is 4.61. The maximum absolute atomic E-state index is 12.3. The number of benzene rings is 3. The number of aromatic hydroxyl groups is 1. The van der Waals surface area contributed by atoms with Gasteiger partial charge in [0.15, 0.2) is 0 Å². The molecule has 0 spiro atoms. The van der Waals surface area contributed by atoms with Gasteiger partial charge in [-0.15, -0.1) is 0 Å². The van der Waals surface area contributed by atoms with Crippen molar-refractivity contribution in [3.8, 4) is 5.75 Å². The van der Waals surface area contributed by atoms with Crippen molar-refractivity contribution in [2.24, 2.45) is 10.2 Å². The van der Waals surface area contributed by atoms with Crippen molar-refractivity contribution in [2.45, 2.75) is 13.5 Å². The lowest BCUT2D eigenvalue weighted by Crippen LogP contribution is -2.20. The lowest BCUT2D eigenvalue weighted by atomic mass is 10.1. The summed E-state index contributed by atoms with van der Waals surface area (Å²) in [5.41, 5.74) is 3.55. The predicted molar refractivity (Wildman–Crippen MR) is 120 cm³/mol. The molecule has 0 aromatic heterocycles. The number of anilines is 2. The van der Waals surface area contributed by atoms with Crippen LogP contribution in [0.15, 0.2) is 70.9 Å². The molecule has 0 saturated heterocycles. The minimum atomic E-state index is -0.676. The molecule has 0 aliphatic rings. The number of nitrogens with one attached hydrogen (secondary N) is 2. The van der Waals surface area contributed by atoms with Crippen LogP contribution < -0.4 is 10.6 Å². The lowest BCUT2D eigenvalue weighted by Gasteiger charge is -2.11. The number of hydrogen-bond donors (Lipinski definition) is 4. The van der Waals surface area contributed by atoms with E-state index in [0.717, 1.165) is 5.56 Å². The number of aliphatic hydroxyl groups is 1. The number of azo groups is 1. The van der Waals surface area contributed by atoms with Gasteiger partial charge in [-0.3, -0.25) is 0 Å². The van der Waals surface area contributed by atoms with Crippen LogP contribution in [0.2, 0.25) is 0 Å². The maximum Gasteiger partial charge on any atom is 0.341 e. The van der Waals surface area contributed by atoms with E-state index in [1.807, 2.05) is 13.0 Å². The average molecular weight is 434 g/mol.